The van der Waals surface area contributed by atoms with E-state index < -0.39 is 17.6 Å². The molecule has 0 bridgehead atoms. The number of ether oxygens (including phenoxy) is 1. The first-order valence-electron chi connectivity index (χ1n) is 5.70. The molecule has 0 N–H and O–H groups in total. The molecule has 0 heterocycles. The highest BCUT2D eigenvalue weighted by Crippen LogP contribution is 2.37. The van der Waals surface area contributed by atoms with Gasteiger partial charge in [-0.2, -0.15) is 13.2 Å². The van der Waals surface area contributed by atoms with E-state index in [-0.39, 0.29) is 28.0 Å². The summed E-state index contributed by atoms with van der Waals surface area (Å²) in [5.74, 6) is -0.845. The first kappa shape index (κ1) is 15.9. The number of rotatable bonds is 3. The van der Waals surface area contributed by atoms with Crippen LogP contribution in [0.25, 0.3) is 0 Å². The molecule has 0 fully saturated rings. The average molecular weight is 339 g/mol. The summed E-state index contributed by atoms with van der Waals surface area (Å²) in [4.78, 5) is 0. The molecule has 0 aliphatic rings. The molecule has 0 unspecified atom stereocenters. The summed E-state index contributed by atoms with van der Waals surface area (Å²) < 4.78 is 56.8. The molecule has 1 nitrogen and oxygen atoms in total. The molecule has 21 heavy (non-hydrogen) atoms. The molecule has 2 aromatic rings. The summed E-state index contributed by atoms with van der Waals surface area (Å²) in [7, 11) is 0. The monoisotopic (exact) mass is 338 g/mol. The molecule has 7 heteroatoms. The second kappa shape index (κ2) is 6.12. The molecular formula is C14H8Cl2F4O. The Bertz CT molecular complexity index is 656. The predicted molar refractivity (Wildman–Crippen MR) is 72.5 cm³/mol. The Morgan fingerprint density at radius 1 is 1.05 bits per heavy atom. The summed E-state index contributed by atoms with van der Waals surface area (Å²) in [5.41, 5.74) is -0.935. The summed E-state index contributed by atoms with van der Waals surface area (Å²) in [6.07, 6.45) is -4.55. The van der Waals surface area contributed by atoms with Gasteiger partial charge in [0, 0.05) is 5.88 Å². The maximum absolute atomic E-state index is 12.9. The molecule has 0 saturated carbocycles. The zero-order chi connectivity index (χ0) is 15.6. The van der Waals surface area contributed by atoms with Crippen molar-refractivity contribution in [2.75, 3.05) is 0 Å². The van der Waals surface area contributed by atoms with Crippen LogP contribution in [0.4, 0.5) is 17.6 Å². The van der Waals surface area contributed by atoms with Gasteiger partial charge >= 0.3 is 6.18 Å². The number of alkyl halides is 4. The maximum Gasteiger partial charge on any atom is 0.416 e. The molecule has 0 radical (unpaired) electrons. The molecule has 0 amide bonds. The minimum absolute atomic E-state index is 0.0371. The fourth-order valence-corrected chi connectivity index (χ4v) is 2.12. The SMILES string of the molecule is Fc1ccc(Oc2ccc(CCl)c(C(F)(F)F)c2)c(Cl)c1. The van der Waals surface area contributed by atoms with Crippen molar-refractivity contribution in [2.24, 2.45) is 0 Å². The van der Waals surface area contributed by atoms with Gasteiger partial charge in [0.15, 0.2) is 0 Å². The molecule has 0 saturated heterocycles. The lowest BCUT2D eigenvalue weighted by molar-refractivity contribution is -0.138. The van der Waals surface area contributed by atoms with E-state index in [1.54, 1.807) is 0 Å². The van der Waals surface area contributed by atoms with Gasteiger partial charge in [0.1, 0.15) is 17.3 Å². The fourth-order valence-electron chi connectivity index (χ4n) is 1.68. The summed E-state index contributed by atoms with van der Waals surface area (Å²) in [6.45, 7) is 0. The Morgan fingerprint density at radius 2 is 1.76 bits per heavy atom. The van der Waals surface area contributed by atoms with E-state index in [0.29, 0.717) is 0 Å². The van der Waals surface area contributed by atoms with Crippen LogP contribution in [0.2, 0.25) is 5.02 Å². The highest BCUT2D eigenvalue weighted by Gasteiger charge is 2.33. The fraction of sp³-hybridized carbons (Fsp3) is 0.143. The highest BCUT2D eigenvalue weighted by molar-refractivity contribution is 6.32. The summed E-state index contributed by atoms with van der Waals surface area (Å²) in [5, 5.41) is -0.0371. The van der Waals surface area contributed by atoms with Gasteiger partial charge in [0.25, 0.3) is 0 Å². The van der Waals surface area contributed by atoms with E-state index in [9.17, 15) is 17.6 Å². The molecule has 0 aliphatic carbocycles. The number of halogens is 6. The molecule has 2 rings (SSSR count). The van der Waals surface area contributed by atoms with Gasteiger partial charge in [-0.25, -0.2) is 4.39 Å². The van der Waals surface area contributed by atoms with Crippen LogP contribution in [0.5, 0.6) is 11.5 Å². The summed E-state index contributed by atoms with van der Waals surface area (Å²) in [6, 6.07) is 6.74. The zero-order valence-electron chi connectivity index (χ0n) is 10.3. The van der Waals surface area contributed by atoms with E-state index in [1.807, 2.05) is 0 Å². The second-order valence-corrected chi connectivity index (χ2v) is 4.80. The van der Waals surface area contributed by atoms with Crippen LogP contribution in [-0.2, 0) is 12.1 Å². The van der Waals surface area contributed by atoms with Crippen molar-refractivity contribution in [2.45, 2.75) is 12.1 Å². The first-order valence-corrected chi connectivity index (χ1v) is 6.61. The van der Waals surface area contributed by atoms with E-state index in [4.69, 9.17) is 27.9 Å². The first-order chi connectivity index (χ1) is 9.81. The molecule has 0 aromatic heterocycles. The third-order valence-electron chi connectivity index (χ3n) is 2.65. The van der Waals surface area contributed by atoms with E-state index in [0.717, 1.165) is 18.2 Å². The number of hydrogen-bond donors (Lipinski definition) is 0. The van der Waals surface area contributed by atoms with Crippen LogP contribution in [0.3, 0.4) is 0 Å². The Balaban J connectivity index is 2.37. The third-order valence-corrected chi connectivity index (χ3v) is 3.24. The van der Waals surface area contributed by atoms with Gasteiger partial charge in [-0.15, -0.1) is 11.6 Å². The van der Waals surface area contributed by atoms with Crippen LogP contribution in [0.15, 0.2) is 36.4 Å². The largest absolute Gasteiger partial charge is 0.456 e. The molecular weight excluding hydrogens is 331 g/mol. The van der Waals surface area contributed by atoms with Crippen molar-refractivity contribution >= 4 is 23.2 Å². The van der Waals surface area contributed by atoms with Crippen LogP contribution in [0.1, 0.15) is 11.1 Å². The Morgan fingerprint density at radius 3 is 2.33 bits per heavy atom. The van der Waals surface area contributed by atoms with Crippen LogP contribution < -0.4 is 4.74 Å². The molecule has 2 aromatic carbocycles. The van der Waals surface area contributed by atoms with Gasteiger partial charge in [0.05, 0.1) is 10.6 Å². The minimum Gasteiger partial charge on any atom is -0.456 e. The van der Waals surface area contributed by atoms with Gasteiger partial charge < -0.3 is 4.74 Å². The van der Waals surface area contributed by atoms with Crippen molar-refractivity contribution in [1.29, 1.82) is 0 Å². The minimum atomic E-state index is -4.55. The predicted octanol–water partition coefficient (Wildman–Crippen LogP) is 6.03. The van der Waals surface area contributed by atoms with Crippen molar-refractivity contribution < 1.29 is 22.3 Å². The molecule has 0 aliphatic heterocycles. The van der Waals surface area contributed by atoms with Crippen LogP contribution in [0, 0.1) is 5.82 Å². The topological polar surface area (TPSA) is 9.23 Å². The Hall–Kier alpha value is -1.46. The van der Waals surface area contributed by atoms with Gasteiger partial charge in [-0.3, -0.25) is 0 Å². The Kier molecular flexibility index (Phi) is 4.64. The van der Waals surface area contributed by atoms with Crippen molar-refractivity contribution in [1.82, 2.24) is 0 Å². The highest BCUT2D eigenvalue weighted by atomic mass is 35.5. The molecule has 0 spiro atoms. The van der Waals surface area contributed by atoms with Gasteiger partial charge in [0.2, 0.25) is 0 Å². The molecule has 112 valence electrons. The lowest BCUT2D eigenvalue weighted by atomic mass is 10.1. The maximum atomic E-state index is 12.9. The Labute approximate surface area is 128 Å². The quantitative estimate of drug-likeness (QED) is 0.490. The van der Waals surface area contributed by atoms with Gasteiger partial charge in [-0.05, 0) is 35.9 Å². The number of benzene rings is 2. The second-order valence-electron chi connectivity index (χ2n) is 4.13. The van der Waals surface area contributed by atoms with E-state index in [1.165, 1.54) is 18.2 Å². The third kappa shape index (κ3) is 3.80. The van der Waals surface area contributed by atoms with Crippen LogP contribution in [-0.4, -0.2) is 0 Å². The smallest absolute Gasteiger partial charge is 0.416 e. The lowest BCUT2D eigenvalue weighted by Gasteiger charge is -2.14. The van der Waals surface area contributed by atoms with Gasteiger partial charge in [-0.1, -0.05) is 17.7 Å². The normalized spacial score (nSPS) is 11.5. The van der Waals surface area contributed by atoms with Crippen molar-refractivity contribution in [3.05, 3.63) is 58.4 Å². The summed E-state index contributed by atoms with van der Waals surface area (Å²) >= 11 is 11.2. The van der Waals surface area contributed by atoms with Crippen molar-refractivity contribution in [3.8, 4) is 11.5 Å². The number of hydrogen-bond acceptors (Lipinski definition) is 1. The lowest BCUT2D eigenvalue weighted by Crippen LogP contribution is -2.08. The standard InChI is InChI=1S/C14H8Cl2F4O/c15-7-8-1-3-10(6-11(8)14(18,19)20)21-13-4-2-9(17)5-12(13)16/h1-6H,7H2. The molecule has 0 atom stereocenters. The van der Waals surface area contributed by atoms with Crippen LogP contribution >= 0.6 is 23.2 Å². The average Bonchev–Trinajstić information content (AvgIpc) is 2.41. The zero-order valence-corrected chi connectivity index (χ0v) is 11.9. The van der Waals surface area contributed by atoms with E-state index in [2.05, 4.69) is 0 Å². The van der Waals surface area contributed by atoms with Crippen molar-refractivity contribution in [3.63, 3.8) is 0 Å². The van der Waals surface area contributed by atoms with E-state index >= 15 is 0 Å².